The van der Waals surface area contributed by atoms with E-state index in [-0.39, 0.29) is 22.8 Å². The van der Waals surface area contributed by atoms with Crippen molar-refractivity contribution in [2.75, 3.05) is 13.1 Å². The Balaban J connectivity index is 1.35. The van der Waals surface area contributed by atoms with E-state index in [1.54, 1.807) is 19.9 Å². The molecule has 1 aromatic carbocycles. The molecule has 0 radical (unpaired) electrons. The van der Waals surface area contributed by atoms with Gasteiger partial charge in [0.1, 0.15) is 0 Å². The molecular formula is C21H27F2NO2. The van der Waals surface area contributed by atoms with Gasteiger partial charge in [0.2, 0.25) is 5.91 Å². The number of amides is 1. The third-order valence-corrected chi connectivity index (χ3v) is 6.79. The van der Waals surface area contributed by atoms with Crippen molar-refractivity contribution in [3.05, 3.63) is 34.9 Å². The number of benzene rings is 1. The first kappa shape index (κ1) is 17.9. The zero-order chi connectivity index (χ0) is 18.7. The maximum absolute atomic E-state index is 12.9. The van der Waals surface area contributed by atoms with E-state index in [1.165, 1.54) is 0 Å². The molecule has 1 atom stereocenters. The van der Waals surface area contributed by atoms with Crippen molar-refractivity contribution in [3.63, 3.8) is 0 Å². The number of rotatable bonds is 3. The first-order chi connectivity index (χ1) is 12.2. The van der Waals surface area contributed by atoms with Crippen molar-refractivity contribution >= 4 is 5.91 Å². The van der Waals surface area contributed by atoms with Crippen LogP contribution in [0.25, 0.3) is 0 Å². The Kier molecular flexibility index (Phi) is 4.14. The molecule has 1 aliphatic heterocycles. The molecule has 26 heavy (non-hydrogen) atoms. The molecule has 3 aliphatic rings. The van der Waals surface area contributed by atoms with Gasteiger partial charge in [-0.15, -0.1) is 0 Å². The van der Waals surface area contributed by atoms with Crippen LogP contribution in [0.4, 0.5) is 8.78 Å². The van der Waals surface area contributed by atoms with Gasteiger partial charge in [0, 0.05) is 30.0 Å². The average molecular weight is 363 g/mol. The van der Waals surface area contributed by atoms with Crippen molar-refractivity contribution in [1.82, 2.24) is 4.90 Å². The fraction of sp³-hybridized carbons (Fsp3) is 0.667. The Labute approximate surface area is 153 Å². The number of aryl methyl sites for hydroxylation is 1. The quantitative estimate of drug-likeness (QED) is 0.875. The second-order valence-corrected chi connectivity index (χ2v) is 9.15. The SMILES string of the molecule is Cc1cc([C@@H]2CCC3(C2)CN(C(=O)C2CC(C)(O)C2)C3)ccc1C(F)F. The maximum atomic E-state index is 12.9. The van der Waals surface area contributed by atoms with E-state index in [0.29, 0.717) is 24.3 Å². The summed E-state index contributed by atoms with van der Waals surface area (Å²) in [5.41, 5.74) is 1.49. The molecule has 0 aromatic heterocycles. The fourth-order valence-corrected chi connectivity index (χ4v) is 5.33. The Morgan fingerprint density at radius 2 is 1.96 bits per heavy atom. The van der Waals surface area contributed by atoms with Gasteiger partial charge in [0.15, 0.2) is 0 Å². The van der Waals surface area contributed by atoms with Crippen molar-refractivity contribution in [2.45, 2.75) is 63.9 Å². The summed E-state index contributed by atoms with van der Waals surface area (Å²) in [5.74, 6) is 0.592. The molecule has 1 amide bonds. The number of hydrogen-bond acceptors (Lipinski definition) is 2. The van der Waals surface area contributed by atoms with E-state index in [9.17, 15) is 18.7 Å². The molecule has 2 saturated carbocycles. The summed E-state index contributed by atoms with van der Waals surface area (Å²) >= 11 is 0. The van der Waals surface area contributed by atoms with Gasteiger partial charge in [-0.1, -0.05) is 18.2 Å². The first-order valence-electron chi connectivity index (χ1n) is 9.58. The van der Waals surface area contributed by atoms with Crippen LogP contribution in [0.3, 0.4) is 0 Å². The molecule has 5 heteroatoms. The van der Waals surface area contributed by atoms with Crippen molar-refractivity contribution in [2.24, 2.45) is 11.3 Å². The standard InChI is InChI=1S/C21H27F2NO2/c1-13-7-14(3-4-17(13)18(22)23)15-5-6-21(10-15)11-24(12-21)19(25)16-8-20(2,26)9-16/h3-4,7,15-16,18,26H,5-6,8-12H2,1-2H3/t15-,16?,20?/m1/s1. The third kappa shape index (κ3) is 3.04. The Morgan fingerprint density at radius 3 is 2.54 bits per heavy atom. The fourth-order valence-electron chi connectivity index (χ4n) is 5.33. The number of alkyl halides is 2. The summed E-state index contributed by atoms with van der Waals surface area (Å²) in [4.78, 5) is 14.4. The highest BCUT2D eigenvalue weighted by Gasteiger charge is 2.53. The second kappa shape index (κ2) is 6.01. The van der Waals surface area contributed by atoms with Gasteiger partial charge in [-0.05, 0) is 63.0 Å². The van der Waals surface area contributed by atoms with E-state index >= 15 is 0 Å². The van der Waals surface area contributed by atoms with E-state index in [0.717, 1.165) is 37.9 Å². The summed E-state index contributed by atoms with van der Waals surface area (Å²) in [6.07, 6.45) is 1.93. The summed E-state index contributed by atoms with van der Waals surface area (Å²) in [6, 6.07) is 5.35. The molecule has 1 saturated heterocycles. The molecule has 3 fully saturated rings. The third-order valence-electron chi connectivity index (χ3n) is 6.79. The van der Waals surface area contributed by atoms with E-state index in [1.807, 2.05) is 17.0 Å². The highest BCUT2D eigenvalue weighted by Crippen LogP contribution is 2.53. The van der Waals surface area contributed by atoms with Crippen LogP contribution in [0.2, 0.25) is 0 Å². The van der Waals surface area contributed by atoms with Crippen LogP contribution in [-0.4, -0.2) is 34.6 Å². The van der Waals surface area contributed by atoms with Gasteiger partial charge in [0.05, 0.1) is 5.60 Å². The molecule has 142 valence electrons. The van der Waals surface area contributed by atoms with Gasteiger partial charge in [0.25, 0.3) is 6.43 Å². The number of likely N-dealkylation sites (tertiary alicyclic amines) is 1. The Bertz CT molecular complexity index is 717. The zero-order valence-corrected chi connectivity index (χ0v) is 15.5. The number of carbonyl (C=O) groups is 1. The maximum Gasteiger partial charge on any atom is 0.264 e. The van der Waals surface area contributed by atoms with Crippen LogP contribution in [-0.2, 0) is 4.79 Å². The smallest absolute Gasteiger partial charge is 0.264 e. The van der Waals surface area contributed by atoms with Crippen LogP contribution in [0, 0.1) is 18.3 Å². The van der Waals surface area contributed by atoms with E-state index in [4.69, 9.17) is 0 Å². The highest BCUT2D eigenvalue weighted by atomic mass is 19.3. The highest BCUT2D eigenvalue weighted by molar-refractivity contribution is 5.81. The molecule has 2 aliphatic carbocycles. The van der Waals surface area contributed by atoms with Gasteiger partial charge in [-0.3, -0.25) is 4.79 Å². The van der Waals surface area contributed by atoms with E-state index in [2.05, 4.69) is 0 Å². The summed E-state index contributed by atoms with van der Waals surface area (Å²) in [7, 11) is 0. The van der Waals surface area contributed by atoms with Crippen LogP contribution < -0.4 is 0 Å². The molecular weight excluding hydrogens is 336 g/mol. The first-order valence-corrected chi connectivity index (χ1v) is 9.58. The van der Waals surface area contributed by atoms with Crippen molar-refractivity contribution in [3.8, 4) is 0 Å². The van der Waals surface area contributed by atoms with Gasteiger partial charge >= 0.3 is 0 Å². The average Bonchev–Trinajstić information content (AvgIpc) is 2.95. The molecule has 3 nitrogen and oxygen atoms in total. The van der Waals surface area contributed by atoms with Gasteiger partial charge in [-0.2, -0.15) is 0 Å². The lowest BCUT2D eigenvalue weighted by atomic mass is 9.69. The lowest BCUT2D eigenvalue weighted by Gasteiger charge is -2.52. The minimum Gasteiger partial charge on any atom is -0.390 e. The van der Waals surface area contributed by atoms with Crippen LogP contribution in [0.1, 0.15) is 68.1 Å². The van der Waals surface area contributed by atoms with Crippen molar-refractivity contribution < 1.29 is 18.7 Å². The number of aliphatic hydroxyl groups is 1. The number of nitrogens with zero attached hydrogens (tertiary/aromatic N) is 1. The molecule has 1 N–H and O–H groups in total. The molecule has 1 heterocycles. The Morgan fingerprint density at radius 1 is 1.27 bits per heavy atom. The summed E-state index contributed by atoms with van der Waals surface area (Å²) < 4.78 is 25.9. The van der Waals surface area contributed by atoms with Crippen LogP contribution >= 0.6 is 0 Å². The Hall–Kier alpha value is -1.49. The van der Waals surface area contributed by atoms with Gasteiger partial charge < -0.3 is 10.0 Å². The lowest BCUT2D eigenvalue weighted by molar-refractivity contribution is -0.161. The van der Waals surface area contributed by atoms with Crippen LogP contribution in [0.5, 0.6) is 0 Å². The minimum absolute atomic E-state index is 0.0101. The predicted molar refractivity (Wildman–Crippen MR) is 95.1 cm³/mol. The summed E-state index contributed by atoms with van der Waals surface area (Å²) in [6.45, 7) is 5.17. The topological polar surface area (TPSA) is 40.5 Å². The minimum atomic E-state index is -2.42. The monoisotopic (exact) mass is 363 g/mol. The molecule has 1 spiro atoms. The number of carbonyl (C=O) groups excluding carboxylic acids is 1. The predicted octanol–water partition coefficient (Wildman–Crippen LogP) is 4.19. The van der Waals surface area contributed by atoms with Crippen LogP contribution in [0.15, 0.2) is 18.2 Å². The summed E-state index contributed by atoms with van der Waals surface area (Å²) in [5, 5.41) is 9.83. The van der Waals surface area contributed by atoms with E-state index < -0.39 is 12.0 Å². The van der Waals surface area contributed by atoms with Crippen molar-refractivity contribution in [1.29, 1.82) is 0 Å². The molecule has 1 aromatic rings. The largest absolute Gasteiger partial charge is 0.390 e. The normalized spacial score (nSPS) is 32.6. The molecule has 0 bridgehead atoms. The number of hydrogen-bond donors (Lipinski definition) is 1. The lowest BCUT2D eigenvalue weighted by Crippen LogP contribution is -2.61. The molecule has 4 rings (SSSR count). The van der Waals surface area contributed by atoms with Gasteiger partial charge in [-0.25, -0.2) is 8.78 Å². The molecule has 0 unspecified atom stereocenters. The zero-order valence-electron chi connectivity index (χ0n) is 15.5. The number of halogens is 2. The second-order valence-electron chi connectivity index (χ2n) is 9.15.